The minimum atomic E-state index is 0.312. The molecule has 0 heterocycles. The summed E-state index contributed by atoms with van der Waals surface area (Å²) in [5, 5.41) is 9.28. The third-order valence-electron chi connectivity index (χ3n) is 3.44. The minimum absolute atomic E-state index is 0.312. The first-order valence-corrected chi connectivity index (χ1v) is 6.71. The molecule has 0 fully saturated rings. The van der Waals surface area contributed by atoms with Gasteiger partial charge in [0.25, 0.3) is 0 Å². The van der Waals surface area contributed by atoms with E-state index in [0.29, 0.717) is 18.2 Å². The molecule has 0 aromatic heterocycles. The van der Waals surface area contributed by atoms with Gasteiger partial charge < -0.3 is 10.8 Å². The second kappa shape index (κ2) is 6.39. The van der Waals surface area contributed by atoms with Gasteiger partial charge >= 0.3 is 0 Å². The van der Waals surface area contributed by atoms with Gasteiger partial charge in [-0.3, -0.25) is 0 Å². The third-order valence-corrected chi connectivity index (χ3v) is 3.44. The summed E-state index contributed by atoms with van der Waals surface area (Å²) < 4.78 is 0. The van der Waals surface area contributed by atoms with Crippen LogP contribution >= 0.6 is 0 Å². The molecule has 0 saturated carbocycles. The fourth-order valence-corrected chi connectivity index (χ4v) is 2.26. The zero-order valence-electron chi connectivity index (χ0n) is 11.3. The fraction of sp³-hybridized carbons (Fsp3) is 0.294. The van der Waals surface area contributed by atoms with Crippen molar-refractivity contribution in [2.45, 2.75) is 19.8 Å². The van der Waals surface area contributed by atoms with Gasteiger partial charge in [0, 0.05) is 0 Å². The molecule has 1 atom stereocenters. The lowest BCUT2D eigenvalue weighted by Crippen LogP contribution is -2.19. The van der Waals surface area contributed by atoms with Crippen LogP contribution in [0.5, 0.6) is 5.75 Å². The lowest BCUT2D eigenvalue weighted by Gasteiger charge is -2.15. The number of phenols is 1. The van der Waals surface area contributed by atoms with E-state index in [-0.39, 0.29) is 0 Å². The first-order chi connectivity index (χ1) is 9.17. The van der Waals surface area contributed by atoms with Gasteiger partial charge in [-0.15, -0.1) is 0 Å². The van der Waals surface area contributed by atoms with Crippen LogP contribution in [0.1, 0.15) is 16.7 Å². The first kappa shape index (κ1) is 13.6. The summed E-state index contributed by atoms with van der Waals surface area (Å²) in [6.07, 6.45) is 1.95. The van der Waals surface area contributed by atoms with Crippen LogP contribution in [0.3, 0.4) is 0 Å². The van der Waals surface area contributed by atoms with E-state index in [9.17, 15) is 5.11 Å². The van der Waals surface area contributed by atoms with Crippen molar-refractivity contribution < 1.29 is 5.11 Å². The molecular formula is C17H21NO. The molecule has 2 heteroatoms. The van der Waals surface area contributed by atoms with E-state index in [4.69, 9.17) is 5.73 Å². The molecule has 100 valence electrons. The zero-order valence-corrected chi connectivity index (χ0v) is 11.3. The molecule has 0 amide bonds. The Morgan fingerprint density at radius 3 is 1.84 bits per heavy atom. The summed E-state index contributed by atoms with van der Waals surface area (Å²) in [6, 6.07) is 16.0. The molecule has 1 unspecified atom stereocenters. The Labute approximate surface area is 114 Å². The molecule has 0 aliphatic rings. The van der Waals surface area contributed by atoms with E-state index in [1.54, 1.807) is 12.1 Å². The Balaban J connectivity index is 2.00. The van der Waals surface area contributed by atoms with Gasteiger partial charge in [-0.1, -0.05) is 42.0 Å². The predicted molar refractivity (Wildman–Crippen MR) is 79.2 cm³/mol. The molecule has 0 aliphatic carbocycles. The van der Waals surface area contributed by atoms with E-state index in [0.717, 1.165) is 12.8 Å². The van der Waals surface area contributed by atoms with Crippen LogP contribution in [0.4, 0.5) is 0 Å². The number of benzene rings is 2. The van der Waals surface area contributed by atoms with Crippen LogP contribution in [-0.2, 0) is 12.8 Å². The second-order valence-electron chi connectivity index (χ2n) is 5.16. The van der Waals surface area contributed by atoms with Crippen molar-refractivity contribution in [1.29, 1.82) is 0 Å². The quantitative estimate of drug-likeness (QED) is 0.862. The van der Waals surface area contributed by atoms with Crippen LogP contribution in [0.2, 0.25) is 0 Å². The lowest BCUT2D eigenvalue weighted by atomic mass is 9.92. The van der Waals surface area contributed by atoms with E-state index in [1.165, 1.54) is 16.7 Å². The Hall–Kier alpha value is -1.80. The molecule has 2 rings (SSSR count). The highest BCUT2D eigenvalue weighted by Gasteiger charge is 2.09. The molecule has 19 heavy (non-hydrogen) atoms. The van der Waals surface area contributed by atoms with Crippen LogP contribution in [0.25, 0.3) is 0 Å². The number of nitrogens with two attached hydrogens (primary N) is 1. The van der Waals surface area contributed by atoms with Crippen molar-refractivity contribution in [2.24, 2.45) is 11.7 Å². The minimum Gasteiger partial charge on any atom is -0.508 e. The van der Waals surface area contributed by atoms with Gasteiger partial charge in [0.1, 0.15) is 5.75 Å². The highest BCUT2D eigenvalue weighted by molar-refractivity contribution is 5.27. The fourth-order valence-electron chi connectivity index (χ4n) is 2.26. The molecule has 0 spiro atoms. The molecule has 2 nitrogen and oxygen atoms in total. The SMILES string of the molecule is Cc1ccc(CC(CN)Cc2ccc(O)cc2)cc1. The van der Waals surface area contributed by atoms with Gasteiger partial charge in [0.2, 0.25) is 0 Å². The maximum absolute atomic E-state index is 9.28. The summed E-state index contributed by atoms with van der Waals surface area (Å²) in [6.45, 7) is 2.77. The Kier molecular flexibility index (Phi) is 4.58. The third kappa shape index (κ3) is 4.11. The average molecular weight is 255 g/mol. The molecule has 0 saturated heterocycles. The zero-order chi connectivity index (χ0) is 13.7. The largest absolute Gasteiger partial charge is 0.508 e. The van der Waals surface area contributed by atoms with Crippen LogP contribution in [-0.4, -0.2) is 11.7 Å². The second-order valence-corrected chi connectivity index (χ2v) is 5.16. The van der Waals surface area contributed by atoms with E-state index < -0.39 is 0 Å². The van der Waals surface area contributed by atoms with Gasteiger partial charge in [0.05, 0.1) is 0 Å². The van der Waals surface area contributed by atoms with E-state index >= 15 is 0 Å². The van der Waals surface area contributed by atoms with Crippen molar-refractivity contribution in [2.75, 3.05) is 6.54 Å². The standard InChI is InChI=1S/C17H21NO/c1-13-2-4-14(5-3-13)10-16(12-18)11-15-6-8-17(19)9-7-15/h2-9,16,19H,10-12,18H2,1H3. The van der Waals surface area contributed by atoms with Crippen LogP contribution in [0, 0.1) is 12.8 Å². The smallest absolute Gasteiger partial charge is 0.115 e. The Morgan fingerprint density at radius 2 is 1.37 bits per heavy atom. The number of hydrogen-bond donors (Lipinski definition) is 2. The highest BCUT2D eigenvalue weighted by atomic mass is 16.3. The average Bonchev–Trinajstić information content (AvgIpc) is 2.43. The van der Waals surface area contributed by atoms with Gasteiger partial charge in [-0.05, 0) is 55.5 Å². The van der Waals surface area contributed by atoms with E-state index in [2.05, 4.69) is 31.2 Å². The number of rotatable bonds is 5. The lowest BCUT2D eigenvalue weighted by molar-refractivity contribution is 0.474. The molecule has 2 aromatic rings. The predicted octanol–water partition coefficient (Wildman–Crippen LogP) is 3.06. The molecule has 2 aromatic carbocycles. The molecular weight excluding hydrogens is 234 g/mol. The summed E-state index contributed by atoms with van der Waals surface area (Å²) in [5.41, 5.74) is 9.72. The van der Waals surface area contributed by atoms with Crippen molar-refractivity contribution in [1.82, 2.24) is 0 Å². The van der Waals surface area contributed by atoms with Crippen molar-refractivity contribution in [3.05, 3.63) is 65.2 Å². The van der Waals surface area contributed by atoms with Crippen LogP contribution in [0.15, 0.2) is 48.5 Å². The summed E-state index contributed by atoms with van der Waals surface area (Å²) >= 11 is 0. The summed E-state index contributed by atoms with van der Waals surface area (Å²) in [5.74, 6) is 0.749. The van der Waals surface area contributed by atoms with E-state index in [1.807, 2.05) is 12.1 Å². The molecule has 3 N–H and O–H groups in total. The Bertz CT molecular complexity index is 454. The number of aromatic hydroxyl groups is 1. The van der Waals surface area contributed by atoms with Crippen molar-refractivity contribution >= 4 is 0 Å². The monoisotopic (exact) mass is 255 g/mol. The number of hydrogen-bond acceptors (Lipinski definition) is 2. The number of phenolic OH excluding ortho intramolecular Hbond substituents is 1. The summed E-state index contributed by atoms with van der Waals surface area (Å²) in [4.78, 5) is 0. The topological polar surface area (TPSA) is 46.2 Å². The van der Waals surface area contributed by atoms with Gasteiger partial charge in [-0.25, -0.2) is 0 Å². The molecule has 0 bridgehead atoms. The van der Waals surface area contributed by atoms with Crippen molar-refractivity contribution in [3.63, 3.8) is 0 Å². The molecule has 0 radical (unpaired) electrons. The maximum Gasteiger partial charge on any atom is 0.115 e. The first-order valence-electron chi connectivity index (χ1n) is 6.71. The Morgan fingerprint density at radius 1 is 0.895 bits per heavy atom. The number of aryl methyl sites for hydroxylation is 1. The van der Waals surface area contributed by atoms with Gasteiger partial charge in [-0.2, -0.15) is 0 Å². The van der Waals surface area contributed by atoms with Crippen molar-refractivity contribution in [3.8, 4) is 5.75 Å². The summed E-state index contributed by atoms with van der Waals surface area (Å²) in [7, 11) is 0. The maximum atomic E-state index is 9.28. The van der Waals surface area contributed by atoms with Crippen LogP contribution < -0.4 is 5.73 Å². The molecule has 0 aliphatic heterocycles. The normalized spacial score (nSPS) is 12.3. The van der Waals surface area contributed by atoms with Gasteiger partial charge in [0.15, 0.2) is 0 Å². The highest BCUT2D eigenvalue weighted by Crippen LogP contribution is 2.17.